The first-order chi connectivity index (χ1) is 28.0. The third-order valence-corrected chi connectivity index (χ3v) is 13.3. The molecule has 0 bridgehead atoms. The van der Waals surface area contributed by atoms with Crippen molar-refractivity contribution >= 4 is 38.4 Å². The predicted molar refractivity (Wildman–Crippen MR) is 207 cm³/mol. The molecule has 4 aromatic rings. The minimum Gasteiger partial charge on any atom is -0.453 e. The van der Waals surface area contributed by atoms with E-state index in [0.717, 1.165) is 61.3 Å². The summed E-state index contributed by atoms with van der Waals surface area (Å²) in [6.45, 7) is 3.62. The molecule has 3 aliphatic rings. The van der Waals surface area contributed by atoms with Crippen molar-refractivity contribution in [2.75, 3.05) is 43.3 Å². The zero-order valence-electron chi connectivity index (χ0n) is 32.2. The van der Waals surface area contributed by atoms with Crippen LogP contribution in [-0.4, -0.2) is 84.2 Å². The molecule has 59 heavy (non-hydrogen) atoms. The average molecular weight is 844 g/mol. The van der Waals surface area contributed by atoms with Crippen LogP contribution in [0.3, 0.4) is 0 Å². The number of ether oxygens (including phenoxy) is 2. The number of aromatic nitrogens is 2. The number of alkyl halides is 3. The van der Waals surface area contributed by atoms with E-state index in [0.29, 0.717) is 36.9 Å². The number of amides is 1. The number of hydrogen-bond donors (Lipinski definition) is 2. The van der Waals surface area contributed by atoms with E-state index >= 15 is 4.39 Å². The van der Waals surface area contributed by atoms with Crippen molar-refractivity contribution in [3.05, 3.63) is 88.0 Å². The summed E-state index contributed by atoms with van der Waals surface area (Å²) < 4.78 is 110. The normalized spacial score (nSPS) is 21.1. The van der Waals surface area contributed by atoms with Gasteiger partial charge in [-0.15, -0.1) is 0 Å². The number of piperidine rings is 1. The minimum atomic E-state index is -5.07. The summed E-state index contributed by atoms with van der Waals surface area (Å²) in [5.41, 5.74) is -0.803. The van der Waals surface area contributed by atoms with E-state index < -0.39 is 45.3 Å². The van der Waals surface area contributed by atoms with Crippen LogP contribution in [0, 0.1) is 23.0 Å². The summed E-state index contributed by atoms with van der Waals surface area (Å²) >= 11 is 0. The van der Waals surface area contributed by atoms with Gasteiger partial charge in [-0.05, 0) is 98.9 Å². The van der Waals surface area contributed by atoms with E-state index in [1.807, 2.05) is 6.07 Å². The zero-order valence-corrected chi connectivity index (χ0v) is 33.0. The standard InChI is InChI=1S/C40H42F5N7O6S/c1-3-50(2)59(55,56)49-35-13-11-32(41)36(31(35)21-46)58-28-9-12-34-30(19-28)37(53)52(23-47-34)27-20-39(57-22-27)14-16-51(17-15-39)26-7-4-24(5-8-26)29-10-6-25(18-33(29)42)48-38(54)40(43,44)45/h6,9-13,18-19,23-24,26-27,49H,3-5,7-8,14-17,20,22H2,1-2H3,(H,48,54)/t24?,26?,27-/m1/s1. The number of carbonyl (C=O) groups excluding carboxylic acids is 1. The molecule has 1 atom stereocenters. The molecule has 314 valence electrons. The number of nitriles is 1. The first-order valence-corrected chi connectivity index (χ1v) is 20.7. The van der Waals surface area contributed by atoms with E-state index in [1.165, 1.54) is 48.3 Å². The van der Waals surface area contributed by atoms with Crippen LogP contribution in [0.15, 0.2) is 59.7 Å². The van der Waals surface area contributed by atoms with Gasteiger partial charge in [0.25, 0.3) is 5.56 Å². The average Bonchev–Trinajstić information content (AvgIpc) is 3.61. The van der Waals surface area contributed by atoms with Crippen molar-refractivity contribution in [2.24, 2.45) is 0 Å². The molecule has 2 aliphatic heterocycles. The molecule has 0 unspecified atom stereocenters. The summed E-state index contributed by atoms with van der Waals surface area (Å²) in [5.74, 6) is -4.28. The Bertz CT molecular complexity index is 2460. The lowest BCUT2D eigenvalue weighted by Gasteiger charge is -2.44. The maximum atomic E-state index is 15.1. The molecule has 7 rings (SSSR count). The van der Waals surface area contributed by atoms with Crippen LogP contribution in [0.25, 0.3) is 10.9 Å². The van der Waals surface area contributed by atoms with Gasteiger partial charge in [0.05, 0.1) is 41.2 Å². The highest BCUT2D eigenvalue weighted by Gasteiger charge is 2.45. The van der Waals surface area contributed by atoms with Crippen molar-refractivity contribution in [1.82, 2.24) is 18.8 Å². The van der Waals surface area contributed by atoms with Crippen LogP contribution in [0.4, 0.5) is 33.3 Å². The van der Waals surface area contributed by atoms with Gasteiger partial charge in [0.15, 0.2) is 11.6 Å². The number of nitrogens with zero attached hydrogens (tertiary/aromatic N) is 5. The van der Waals surface area contributed by atoms with Crippen LogP contribution in [-0.2, 0) is 19.7 Å². The second kappa shape index (κ2) is 16.5. The van der Waals surface area contributed by atoms with E-state index in [1.54, 1.807) is 12.2 Å². The Morgan fingerprint density at radius 3 is 2.44 bits per heavy atom. The number of fused-ring (bicyclic) bond motifs is 1. The van der Waals surface area contributed by atoms with Gasteiger partial charge in [0.2, 0.25) is 0 Å². The molecular formula is C40H42F5N7O6S. The van der Waals surface area contributed by atoms with Crippen LogP contribution in [0.2, 0.25) is 0 Å². The third kappa shape index (κ3) is 8.76. The zero-order chi connectivity index (χ0) is 42.3. The fourth-order valence-electron chi connectivity index (χ4n) is 8.33. The lowest BCUT2D eigenvalue weighted by atomic mass is 9.79. The summed E-state index contributed by atoms with van der Waals surface area (Å²) in [6.07, 6.45) is 1.55. The van der Waals surface area contributed by atoms with Crippen LogP contribution >= 0.6 is 0 Å². The van der Waals surface area contributed by atoms with E-state index in [2.05, 4.69) is 14.6 Å². The Morgan fingerprint density at radius 2 is 1.78 bits per heavy atom. The van der Waals surface area contributed by atoms with Gasteiger partial charge < -0.3 is 19.7 Å². The Balaban J connectivity index is 0.976. The molecule has 2 saturated heterocycles. The highest BCUT2D eigenvalue weighted by molar-refractivity contribution is 7.90. The van der Waals surface area contributed by atoms with Gasteiger partial charge >= 0.3 is 22.3 Å². The van der Waals surface area contributed by atoms with E-state index in [4.69, 9.17) is 9.47 Å². The summed E-state index contributed by atoms with van der Waals surface area (Å²) in [5, 5.41) is 11.8. The molecule has 3 fully saturated rings. The van der Waals surface area contributed by atoms with Crippen molar-refractivity contribution in [3.8, 4) is 17.6 Å². The maximum Gasteiger partial charge on any atom is 0.471 e. The monoisotopic (exact) mass is 843 g/mol. The highest BCUT2D eigenvalue weighted by Crippen LogP contribution is 2.43. The van der Waals surface area contributed by atoms with Crippen molar-refractivity contribution in [1.29, 1.82) is 5.26 Å². The number of nitrogens with one attached hydrogen (secondary N) is 2. The SMILES string of the molecule is CCN(C)S(=O)(=O)Nc1ccc(F)c(Oc2ccc3ncn([C@H]4COC5(CCN(C6CCC(c7ccc(NC(=O)C(F)(F)F)cc7F)CC6)CC5)C4)c(=O)c3c2)c1C#N. The first-order valence-electron chi connectivity index (χ1n) is 19.2. The second-order valence-corrected chi connectivity index (χ2v) is 17.0. The fourth-order valence-corrected chi connectivity index (χ4v) is 9.27. The molecule has 1 spiro atoms. The summed E-state index contributed by atoms with van der Waals surface area (Å²) in [7, 11) is -2.69. The van der Waals surface area contributed by atoms with Gasteiger partial charge in [-0.1, -0.05) is 13.0 Å². The Morgan fingerprint density at radius 1 is 1.05 bits per heavy atom. The lowest BCUT2D eigenvalue weighted by molar-refractivity contribution is -0.167. The molecule has 2 N–H and O–H groups in total. The first kappa shape index (κ1) is 42.0. The molecule has 1 aromatic heterocycles. The van der Waals surface area contributed by atoms with Crippen molar-refractivity contribution in [3.63, 3.8) is 0 Å². The van der Waals surface area contributed by atoms with Crippen LogP contribution in [0.1, 0.15) is 75.0 Å². The molecule has 1 saturated carbocycles. The summed E-state index contributed by atoms with van der Waals surface area (Å²) in [6, 6.07) is 12.0. The number of carbonyl (C=O) groups is 1. The van der Waals surface area contributed by atoms with Gasteiger partial charge in [-0.3, -0.25) is 18.9 Å². The quantitative estimate of drug-likeness (QED) is 0.161. The number of likely N-dealkylation sites (tertiary alicyclic amines) is 1. The van der Waals surface area contributed by atoms with Crippen LogP contribution < -0.4 is 20.3 Å². The second-order valence-electron chi connectivity index (χ2n) is 15.3. The Labute approximate surface area is 336 Å². The predicted octanol–water partition coefficient (Wildman–Crippen LogP) is 6.97. The molecule has 13 nitrogen and oxygen atoms in total. The number of hydrogen-bond acceptors (Lipinski definition) is 9. The van der Waals surface area contributed by atoms with Gasteiger partial charge in [0, 0.05) is 38.4 Å². The minimum absolute atomic E-state index is 0.0358. The largest absolute Gasteiger partial charge is 0.471 e. The van der Waals surface area contributed by atoms with Crippen molar-refractivity contribution in [2.45, 2.75) is 81.6 Å². The Kier molecular flexibility index (Phi) is 11.7. The third-order valence-electron chi connectivity index (χ3n) is 11.8. The molecule has 3 heterocycles. The van der Waals surface area contributed by atoms with Gasteiger partial charge in [-0.2, -0.15) is 31.2 Å². The highest BCUT2D eigenvalue weighted by atomic mass is 32.2. The molecule has 1 amide bonds. The van der Waals surface area contributed by atoms with E-state index in [-0.39, 0.29) is 58.2 Å². The Hall–Kier alpha value is -5.16. The maximum absolute atomic E-state index is 15.1. The fraction of sp³-hybridized carbons (Fsp3) is 0.450. The molecule has 3 aromatic carbocycles. The van der Waals surface area contributed by atoms with Crippen LogP contribution in [0.5, 0.6) is 11.5 Å². The number of benzene rings is 3. The topological polar surface area (TPSA) is 159 Å². The van der Waals surface area contributed by atoms with Crippen molar-refractivity contribution < 1.29 is 44.6 Å². The number of rotatable bonds is 10. The molecule has 1 aliphatic carbocycles. The molecular weight excluding hydrogens is 802 g/mol. The number of anilines is 2. The van der Waals surface area contributed by atoms with Gasteiger partial charge in [-0.25, -0.2) is 13.8 Å². The lowest BCUT2D eigenvalue weighted by Crippen LogP contribution is -2.49. The molecule has 0 radical (unpaired) electrons. The molecule has 19 heteroatoms. The smallest absolute Gasteiger partial charge is 0.453 e. The van der Waals surface area contributed by atoms with Gasteiger partial charge in [0.1, 0.15) is 23.2 Å². The summed E-state index contributed by atoms with van der Waals surface area (Å²) in [4.78, 5) is 32.1. The van der Waals surface area contributed by atoms with E-state index in [9.17, 15) is 40.8 Å². The number of halogens is 5.